The van der Waals surface area contributed by atoms with Crippen LogP contribution in [0.25, 0.3) is 0 Å². The van der Waals surface area contributed by atoms with E-state index < -0.39 is 39.7 Å². The fourth-order valence-electron chi connectivity index (χ4n) is 2.74. The predicted octanol–water partition coefficient (Wildman–Crippen LogP) is 2.66. The van der Waals surface area contributed by atoms with E-state index in [0.717, 1.165) is 0 Å². The van der Waals surface area contributed by atoms with Gasteiger partial charge < -0.3 is 20.3 Å². The minimum atomic E-state index is -4.22. The number of aromatic nitrogens is 1. The molecular weight excluding hydrogens is 472 g/mol. The number of benzene rings is 2. The van der Waals surface area contributed by atoms with Gasteiger partial charge in [0.25, 0.3) is 5.91 Å². The molecular formula is C22H19ClN2O7S. The SMILES string of the molecule is O=C(Nc1ccc(S(=O)(=O)CC(O)(COc2ccccc2)C(=O)O)cc1)c1ccc(Cl)nc1. The standard InChI is InChI=1S/C22H19ClN2O7S/c23-19-11-6-15(12-24-19)20(26)25-16-7-9-18(10-8-16)33(30,31)14-22(29,21(27)28)13-32-17-4-2-1-3-5-17/h1-12,29H,13-14H2,(H,25,26)(H,27,28). The Morgan fingerprint density at radius 1 is 1.03 bits per heavy atom. The first-order valence-corrected chi connectivity index (χ1v) is 11.5. The van der Waals surface area contributed by atoms with Crippen molar-refractivity contribution in [3.63, 3.8) is 0 Å². The number of carbonyl (C=O) groups is 2. The van der Waals surface area contributed by atoms with Gasteiger partial charge in [-0.2, -0.15) is 0 Å². The number of aliphatic hydroxyl groups is 1. The van der Waals surface area contributed by atoms with E-state index in [4.69, 9.17) is 16.3 Å². The van der Waals surface area contributed by atoms with E-state index in [0.29, 0.717) is 5.69 Å². The fourth-order valence-corrected chi connectivity index (χ4v) is 4.41. The lowest BCUT2D eigenvalue weighted by molar-refractivity contribution is -0.158. The van der Waals surface area contributed by atoms with E-state index in [9.17, 15) is 28.2 Å². The van der Waals surface area contributed by atoms with Gasteiger partial charge in [-0.05, 0) is 48.5 Å². The number of ether oxygens (including phenoxy) is 1. The van der Waals surface area contributed by atoms with Gasteiger partial charge in [0.2, 0.25) is 5.60 Å². The van der Waals surface area contributed by atoms with Crippen molar-refractivity contribution in [2.45, 2.75) is 10.5 Å². The topological polar surface area (TPSA) is 143 Å². The molecule has 3 N–H and O–H groups in total. The minimum Gasteiger partial charge on any atom is -0.490 e. The largest absolute Gasteiger partial charge is 0.490 e. The average Bonchev–Trinajstić information content (AvgIpc) is 2.79. The van der Waals surface area contributed by atoms with Crippen LogP contribution in [0.15, 0.2) is 77.8 Å². The Labute approximate surface area is 194 Å². The maximum Gasteiger partial charge on any atom is 0.340 e. The van der Waals surface area contributed by atoms with Crippen LogP contribution in [-0.4, -0.2) is 53.5 Å². The summed E-state index contributed by atoms with van der Waals surface area (Å²) in [5.74, 6) is -3.04. The number of para-hydroxylation sites is 1. The van der Waals surface area contributed by atoms with Gasteiger partial charge in [0.15, 0.2) is 9.84 Å². The van der Waals surface area contributed by atoms with E-state index in [2.05, 4.69) is 10.3 Å². The molecule has 9 nitrogen and oxygen atoms in total. The third-order valence-electron chi connectivity index (χ3n) is 4.51. The minimum absolute atomic E-state index is 0.229. The zero-order valence-electron chi connectivity index (χ0n) is 17.0. The summed E-state index contributed by atoms with van der Waals surface area (Å²) in [6.45, 7) is -0.769. The van der Waals surface area contributed by atoms with Gasteiger partial charge in [-0.3, -0.25) is 4.79 Å². The molecule has 1 amide bonds. The van der Waals surface area contributed by atoms with E-state index >= 15 is 0 Å². The molecule has 0 saturated heterocycles. The quantitative estimate of drug-likeness (QED) is 0.388. The number of pyridine rings is 1. The molecule has 33 heavy (non-hydrogen) atoms. The summed E-state index contributed by atoms with van der Waals surface area (Å²) in [4.78, 5) is 27.4. The van der Waals surface area contributed by atoms with Crippen LogP contribution in [0.1, 0.15) is 10.4 Å². The van der Waals surface area contributed by atoms with Crippen LogP contribution in [0.3, 0.4) is 0 Å². The molecule has 2 aromatic carbocycles. The molecule has 0 bridgehead atoms. The highest BCUT2D eigenvalue weighted by Crippen LogP contribution is 2.21. The van der Waals surface area contributed by atoms with Crippen molar-refractivity contribution in [1.29, 1.82) is 0 Å². The third-order valence-corrected chi connectivity index (χ3v) is 6.58. The van der Waals surface area contributed by atoms with Gasteiger partial charge >= 0.3 is 5.97 Å². The number of carbonyl (C=O) groups excluding carboxylic acids is 1. The third kappa shape index (κ3) is 6.28. The van der Waals surface area contributed by atoms with Gasteiger partial charge in [-0.25, -0.2) is 18.2 Å². The highest BCUT2D eigenvalue weighted by Gasteiger charge is 2.42. The lowest BCUT2D eigenvalue weighted by atomic mass is 10.1. The number of sulfone groups is 1. The number of carboxylic acids is 1. The number of nitrogens with one attached hydrogen (secondary N) is 1. The Hall–Kier alpha value is -3.47. The molecule has 0 saturated carbocycles. The number of halogens is 1. The summed E-state index contributed by atoms with van der Waals surface area (Å²) in [6, 6.07) is 16.1. The van der Waals surface area contributed by atoms with E-state index in [1.54, 1.807) is 30.3 Å². The van der Waals surface area contributed by atoms with Crippen molar-refractivity contribution in [3.05, 3.63) is 83.6 Å². The summed E-state index contributed by atoms with van der Waals surface area (Å²) < 4.78 is 30.8. The van der Waals surface area contributed by atoms with Gasteiger partial charge in [0, 0.05) is 11.9 Å². The summed E-state index contributed by atoms with van der Waals surface area (Å²) in [7, 11) is -4.22. The molecule has 0 radical (unpaired) electrons. The maximum atomic E-state index is 12.8. The number of anilines is 1. The van der Waals surface area contributed by atoms with Gasteiger partial charge in [0.1, 0.15) is 17.5 Å². The molecule has 11 heteroatoms. The summed E-state index contributed by atoms with van der Waals surface area (Å²) in [6.07, 6.45) is 1.29. The van der Waals surface area contributed by atoms with E-state index in [-0.39, 0.29) is 21.4 Å². The molecule has 0 fully saturated rings. The Bertz CT molecular complexity index is 1230. The van der Waals surface area contributed by atoms with Crippen LogP contribution in [0.4, 0.5) is 5.69 Å². The van der Waals surface area contributed by atoms with E-state index in [1.165, 1.54) is 42.6 Å². The number of aliphatic carboxylic acids is 1. The maximum absolute atomic E-state index is 12.8. The molecule has 0 aliphatic heterocycles. The second-order valence-corrected chi connectivity index (χ2v) is 9.42. The van der Waals surface area contributed by atoms with Crippen molar-refractivity contribution in [2.24, 2.45) is 0 Å². The Morgan fingerprint density at radius 2 is 1.70 bits per heavy atom. The molecule has 0 aliphatic rings. The fraction of sp³-hybridized carbons (Fsp3) is 0.136. The smallest absolute Gasteiger partial charge is 0.340 e. The predicted molar refractivity (Wildman–Crippen MR) is 120 cm³/mol. The van der Waals surface area contributed by atoms with Crippen LogP contribution in [0.5, 0.6) is 5.75 Å². The average molecular weight is 491 g/mol. The second-order valence-electron chi connectivity index (χ2n) is 7.05. The highest BCUT2D eigenvalue weighted by molar-refractivity contribution is 7.91. The van der Waals surface area contributed by atoms with Crippen LogP contribution in [0, 0.1) is 0 Å². The molecule has 1 aromatic heterocycles. The van der Waals surface area contributed by atoms with Crippen molar-refractivity contribution < 1.29 is 33.0 Å². The van der Waals surface area contributed by atoms with Crippen molar-refractivity contribution >= 4 is 39.0 Å². The molecule has 1 unspecified atom stereocenters. The summed E-state index contributed by atoms with van der Waals surface area (Å²) in [5, 5.41) is 22.7. The van der Waals surface area contributed by atoms with Crippen LogP contribution in [-0.2, 0) is 14.6 Å². The molecule has 172 valence electrons. The Kier molecular flexibility index (Phi) is 7.32. The van der Waals surface area contributed by atoms with Crippen LogP contribution < -0.4 is 10.1 Å². The zero-order valence-corrected chi connectivity index (χ0v) is 18.6. The second kappa shape index (κ2) is 9.99. The number of carboxylic acid groups (broad SMARTS) is 1. The number of nitrogens with zero attached hydrogens (tertiary/aromatic N) is 1. The molecule has 0 aliphatic carbocycles. The van der Waals surface area contributed by atoms with Crippen molar-refractivity contribution in [1.82, 2.24) is 4.98 Å². The van der Waals surface area contributed by atoms with Crippen molar-refractivity contribution in [3.8, 4) is 5.75 Å². The normalized spacial score (nSPS) is 13.0. The lowest BCUT2D eigenvalue weighted by Crippen LogP contribution is -2.50. The number of hydrogen-bond acceptors (Lipinski definition) is 7. The molecule has 0 spiro atoms. The van der Waals surface area contributed by atoms with Gasteiger partial charge in [-0.15, -0.1) is 0 Å². The first-order chi connectivity index (χ1) is 15.6. The summed E-state index contributed by atoms with van der Waals surface area (Å²) >= 11 is 5.69. The zero-order chi connectivity index (χ0) is 24.1. The van der Waals surface area contributed by atoms with Gasteiger partial charge in [-0.1, -0.05) is 29.8 Å². The Balaban J connectivity index is 1.71. The number of amides is 1. The highest BCUT2D eigenvalue weighted by atomic mass is 35.5. The van der Waals surface area contributed by atoms with Crippen molar-refractivity contribution in [2.75, 3.05) is 17.7 Å². The van der Waals surface area contributed by atoms with Gasteiger partial charge in [0.05, 0.1) is 16.2 Å². The Morgan fingerprint density at radius 3 is 2.27 bits per heavy atom. The molecule has 3 rings (SSSR count). The monoisotopic (exact) mass is 490 g/mol. The number of hydrogen-bond donors (Lipinski definition) is 3. The van der Waals surface area contributed by atoms with E-state index in [1.807, 2.05) is 0 Å². The first kappa shape index (κ1) is 24.2. The summed E-state index contributed by atoms with van der Waals surface area (Å²) in [5.41, 5.74) is -2.13. The number of rotatable bonds is 9. The van der Waals surface area contributed by atoms with Crippen LogP contribution in [0.2, 0.25) is 5.15 Å². The first-order valence-electron chi connectivity index (χ1n) is 9.48. The molecule has 1 heterocycles. The molecule has 1 atom stereocenters. The lowest BCUT2D eigenvalue weighted by Gasteiger charge is -2.23. The van der Waals surface area contributed by atoms with Crippen LogP contribution >= 0.6 is 11.6 Å². The molecule has 3 aromatic rings.